The standard InChI is InChI=1S/C18H18BrN5O/c1-13-4-5-24-12-15(21-17(24)10-13)18(25)23-8-6-22(7-9-23)16-3-2-14(19)11-20-16/h2-5,10-12H,6-9H2,1H3. The summed E-state index contributed by atoms with van der Waals surface area (Å²) in [7, 11) is 0. The highest BCUT2D eigenvalue weighted by molar-refractivity contribution is 9.10. The maximum Gasteiger partial charge on any atom is 0.274 e. The molecule has 1 aliphatic rings. The van der Waals surface area contributed by atoms with E-state index in [-0.39, 0.29) is 5.91 Å². The van der Waals surface area contributed by atoms with Crippen LogP contribution in [0.15, 0.2) is 47.3 Å². The molecule has 3 aromatic rings. The van der Waals surface area contributed by atoms with Crippen molar-refractivity contribution < 1.29 is 4.79 Å². The topological polar surface area (TPSA) is 53.7 Å². The van der Waals surface area contributed by atoms with E-state index in [2.05, 4.69) is 30.8 Å². The summed E-state index contributed by atoms with van der Waals surface area (Å²) in [4.78, 5) is 25.7. The van der Waals surface area contributed by atoms with Gasteiger partial charge in [-0.15, -0.1) is 0 Å². The molecule has 0 atom stereocenters. The number of carbonyl (C=O) groups is 1. The molecule has 0 saturated carbocycles. The van der Waals surface area contributed by atoms with Crippen molar-refractivity contribution in [1.82, 2.24) is 19.3 Å². The molecule has 128 valence electrons. The lowest BCUT2D eigenvalue weighted by Crippen LogP contribution is -2.49. The molecule has 0 unspecified atom stereocenters. The summed E-state index contributed by atoms with van der Waals surface area (Å²) < 4.78 is 2.86. The molecule has 25 heavy (non-hydrogen) atoms. The van der Waals surface area contributed by atoms with Crippen LogP contribution in [0.25, 0.3) is 5.65 Å². The minimum atomic E-state index is -0.00947. The lowest BCUT2D eigenvalue weighted by molar-refractivity contribution is 0.0741. The number of imidazole rings is 1. The van der Waals surface area contributed by atoms with E-state index in [0.29, 0.717) is 18.8 Å². The van der Waals surface area contributed by atoms with E-state index in [1.54, 1.807) is 12.4 Å². The van der Waals surface area contributed by atoms with Crippen molar-refractivity contribution in [2.75, 3.05) is 31.1 Å². The number of carbonyl (C=O) groups excluding carboxylic acids is 1. The van der Waals surface area contributed by atoms with Crippen molar-refractivity contribution in [1.29, 1.82) is 0 Å². The molecule has 0 aliphatic carbocycles. The predicted molar refractivity (Wildman–Crippen MR) is 100.0 cm³/mol. The number of halogens is 1. The fourth-order valence-corrected chi connectivity index (χ4v) is 3.28. The smallest absolute Gasteiger partial charge is 0.274 e. The minimum absolute atomic E-state index is 0.00947. The number of rotatable bonds is 2. The third-order valence-corrected chi connectivity index (χ3v) is 4.91. The monoisotopic (exact) mass is 399 g/mol. The Balaban J connectivity index is 1.46. The van der Waals surface area contributed by atoms with Crippen LogP contribution < -0.4 is 4.90 Å². The molecule has 4 heterocycles. The fraction of sp³-hybridized carbons (Fsp3) is 0.278. The van der Waals surface area contributed by atoms with Crippen LogP contribution >= 0.6 is 15.9 Å². The molecular weight excluding hydrogens is 382 g/mol. The van der Waals surface area contributed by atoms with Gasteiger partial charge in [0.2, 0.25) is 0 Å². The summed E-state index contributed by atoms with van der Waals surface area (Å²) in [6.45, 7) is 4.90. The zero-order chi connectivity index (χ0) is 17.4. The summed E-state index contributed by atoms with van der Waals surface area (Å²) in [6, 6.07) is 7.96. The zero-order valence-electron chi connectivity index (χ0n) is 13.9. The molecule has 4 rings (SSSR count). The summed E-state index contributed by atoms with van der Waals surface area (Å²) in [5.41, 5.74) is 2.44. The van der Waals surface area contributed by atoms with E-state index < -0.39 is 0 Å². The van der Waals surface area contributed by atoms with Gasteiger partial charge in [0, 0.05) is 49.2 Å². The Morgan fingerprint density at radius 3 is 2.68 bits per heavy atom. The van der Waals surface area contributed by atoms with Crippen molar-refractivity contribution >= 4 is 33.3 Å². The maximum atomic E-state index is 12.8. The highest BCUT2D eigenvalue weighted by Crippen LogP contribution is 2.17. The van der Waals surface area contributed by atoms with E-state index in [9.17, 15) is 4.79 Å². The number of pyridine rings is 2. The van der Waals surface area contributed by atoms with Gasteiger partial charge in [0.25, 0.3) is 5.91 Å². The third kappa shape index (κ3) is 3.24. The van der Waals surface area contributed by atoms with Crippen molar-refractivity contribution in [2.45, 2.75) is 6.92 Å². The second-order valence-electron chi connectivity index (χ2n) is 6.21. The SMILES string of the molecule is Cc1ccn2cc(C(=O)N3CCN(c4ccc(Br)cn4)CC3)nc2c1. The average Bonchev–Trinajstić information content (AvgIpc) is 3.05. The molecule has 0 bridgehead atoms. The molecule has 6 nitrogen and oxygen atoms in total. The number of hydrogen-bond acceptors (Lipinski definition) is 4. The van der Waals surface area contributed by atoms with E-state index in [1.807, 2.05) is 46.7 Å². The number of hydrogen-bond donors (Lipinski definition) is 0. The predicted octanol–water partition coefficient (Wildman–Crippen LogP) is 2.76. The van der Waals surface area contributed by atoms with Crippen LogP contribution in [0.3, 0.4) is 0 Å². The molecule has 0 aromatic carbocycles. The Hall–Kier alpha value is -2.41. The van der Waals surface area contributed by atoms with Gasteiger partial charge >= 0.3 is 0 Å². The molecule has 1 saturated heterocycles. The van der Waals surface area contributed by atoms with Gasteiger partial charge < -0.3 is 14.2 Å². The van der Waals surface area contributed by atoms with Crippen LogP contribution in [0.4, 0.5) is 5.82 Å². The number of piperazine rings is 1. The number of aromatic nitrogens is 3. The lowest BCUT2D eigenvalue weighted by atomic mass is 10.2. The average molecular weight is 400 g/mol. The van der Waals surface area contributed by atoms with Crippen molar-refractivity contribution in [3.8, 4) is 0 Å². The molecular formula is C18H18BrN5O. The molecule has 1 amide bonds. The lowest BCUT2D eigenvalue weighted by Gasteiger charge is -2.35. The van der Waals surface area contributed by atoms with Crippen LogP contribution in [0, 0.1) is 6.92 Å². The van der Waals surface area contributed by atoms with E-state index in [0.717, 1.165) is 34.6 Å². The van der Waals surface area contributed by atoms with Crippen molar-refractivity contribution in [3.05, 3.63) is 58.6 Å². The van der Waals surface area contributed by atoms with Crippen molar-refractivity contribution in [2.24, 2.45) is 0 Å². The number of fused-ring (bicyclic) bond motifs is 1. The Bertz CT molecular complexity index is 913. The summed E-state index contributed by atoms with van der Waals surface area (Å²) in [5.74, 6) is 0.934. The maximum absolute atomic E-state index is 12.8. The second kappa shape index (κ2) is 6.48. The first kappa shape index (κ1) is 16.1. The molecule has 0 N–H and O–H groups in total. The zero-order valence-corrected chi connectivity index (χ0v) is 15.5. The van der Waals surface area contributed by atoms with Crippen LogP contribution in [0.5, 0.6) is 0 Å². The van der Waals surface area contributed by atoms with Crippen LogP contribution in [0.2, 0.25) is 0 Å². The van der Waals surface area contributed by atoms with E-state index in [4.69, 9.17) is 0 Å². The van der Waals surface area contributed by atoms with Gasteiger partial charge in [-0.2, -0.15) is 0 Å². The van der Waals surface area contributed by atoms with E-state index in [1.165, 1.54) is 0 Å². The van der Waals surface area contributed by atoms with Gasteiger partial charge in [-0.3, -0.25) is 4.79 Å². The Labute approximate surface area is 154 Å². The molecule has 0 radical (unpaired) electrons. The van der Waals surface area contributed by atoms with Gasteiger partial charge in [0.1, 0.15) is 17.2 Å². The Morgan fingerprint density at radius 2 is 1.96 bits per heavy atom. The van der Waals surface area contributed by atoms with Gasteiger partial charge in [-0.05, 0) is 52.7 Å². The minimum Gasteiger partial charge on any atom is -0.353 e. The second-order valence-corrected chi connectivity index (χ2v) is 7.13. The number of nitrogens with zero attached hydrogens (tertiary/aromatic N) is 5. The van der Waals surface area contributed by atoms with Crippen LogP contribution in [-0.4, -0.2) is 51.4 Å². The van der Waals surface area contributed by atoms with Gasteiger partial charge in [0.05, 0.1) is 0 Å². The summed E-state index contributed by atoms with van der Waals surface area (Å²) in [6.07, 6.45) is 5.54. The highest BCUT2D eigenvalue weighted by Gasteiger charge is 2.24. The molecule has 7 heteroatoms. The molecule has 3 aromatic heterocycles. The van der Waals surface area contributed by atoms with E-state index >= 15 is 0 Å². The van der Waals surface area contributed by atoms with Crippen LogP contribution in [0.1, 0.15) is 16.1 Å². The van der Waals surface area contributed by atoms with Gasteiger partial charge in [-0.1, -0.05) is 0 Å². The highest BCUT2D eigenvalue weighted by atomic mass is 79.9. The quantitative estimate of drug-likeness (QED) is 0.664. The molecule has 1 fully saturated rings. The largest absolute Gasteiger partial charge is 0.353 e. The number of anilines is 1. The first-order valence-electron chi connectivity index (χ1n) is 8.21. The summed E-state index contributed by atoms with van der Waals surface area (Å²) >= 11 is 3.40. The van der Waals surface area contributed by atoms with Crippen LogP contribution in [-0.2, 0) is 0 Å². The Morgan fingerprint density at radius 1 is 1.16 bits per heavy atom. The molecule has 0 spiro atoms. The normalized spacial score (nSPS) is 15.0. The fourth-order valence-electron chi connectivity index (χ4n) is 3.04. The van der Waals surface area contributed by atoms with Gasteiger partial charge in [-0.25, -0.2) is 9.97 Å². The first-order chi connectivity index (χ1) is 12.1. The number of amides is 1. The first-order valence-corrected chi connectivity index (χ1v) is 9.00. The number of aryl methyl sites for hydroxylation is 1. The third-order valence-electron chi connectivity index (χ3n) is 4.44. The summed E-state index contributed by atoms with van der Waals surface area (Å²) in [5, 5.41) is 0. The Kier molecular flexibility index (Phi) is 4.17. The molecule has 1 aliphatic heterocycles. The van der Waals surface area contributed by atoms with Gasteiger partial charge in [0.15, 0.2) is 0 Å². The van der Waals surface area contributed by atoms with Crippen molar-refractivity contribution in [3.63, 3.8) is 0 Å².